The number of hydrogen-bond acceptors (Lipinski definition) is 1. The Labute approximate surface area is 99.5 Å². The standard InChI is InChI=1S/C11H15ClFN3/c1-11(2,3)16-10(14)15-9-5-7(12)4-8(13)6-9/h4-6H,1-3H3,(H3,14,15,16). The summed E-state index contributed by atoms with van der Waals surface area (Å²) in [6, 6.07) is 4.11. The lowest BCUT2D eigenvalue weighted by Crippen LogP contribution is -2.27. The fourth-order valence-electron chi connectivity index (χ4n) is 1.16. The molecule has 5 heteroatoms. The monoisotopic (exact) mass is 243 g/mol. The first-order valence-corrected chi connectivity index (χ1v) is 5.22. The van der Waals surface area contributed by atoms with Crippen molar-refractivity contribution < 1.29 is 4.39 Å². The molecule has 0 unspecified atom stereocenters. The van der Waals surface area contributed by atoms with Crippen LogP contribution in [0.3, 0.4) is 0 Å². The molecule has 16 heavy (non-hydrogen) atoms. The predicted octanol–water partition coefficient (Wildman–Crippen LogP) is 3.00. The molecule has 0 amide bonds. The van der Waals surface area contributed by atoms with E-state index in [-0.39, 0.29) is 11.5 Å². The van der Waals surface area contributed by atoms with Crippen LogP contribution in [0.2, 0.25) is 5.02 Å². The topological polar surface area (TPSA) is 50.4 Å². The van der Waals surface area contributed by atoms with Crippen molar-refractivity contribution in [3.63, 3.8) is 0 Å². The number of guanidine groups is 1. The molecule has 0 aliphatic rings. The average Bonchev–Trinajstić information content (AvgIpc) is 1.96. The van der Waals surface area contributed by atoms with E-state index in [4.69, 9.17) is 17.3 Å². The molecule has 88 valence electrons. The van der Waals surface area contributed by atoms with E-state index in [1.807, 2.05) is 20.8 Å². The fourth-order valence-corrected chi connectivity index (χ4v) is 1.38. The number of rotatable bonds is 1. The lowest BCUT2D eigenvalue weighted by molar-refractivity contribution is 0.583. The largest absolute Gasteiger partial charge is 0.370 e. The number of hydrogen-bond donors (Lipinski definition) is 2. The van der Waals surface area contributed by atoms with Gasteiger partial charge in [0.25, 0.3) is 0 Å². The van der Waals surface area contributed by atoms with Crippen LogP contribution in [0.1, 0.15) is 20.8 Å². The minimum atomic E-state index is -0.418. The SMILES string of the molecule is CC(C)(C)N=C(N)Nc1cc(F)cc(Cl)c1. The molecule has 0 aromatic heterocycles. The van der Waals surface area contributed by atoms with E-state index in [2.05, 4.69) is 10.3 Å². The smallest absolute Gasteiger partial charge is 0.193 e. The number of nitrogens with zero attached hydrogens (tertiary/aromatic N) is 1. The highest BCUT2D eigenvalue weighted by atomic mass is 35.5. The van der Waals surface area contributed by atoms with Crippen LogP contribution in [0.15, 0.2) is 23.2 Å². The van der Waals surface area contributed by atoms with Crippen LogP contribution in [0.5, 0.6) is 0 Å². The number of nitrogens with one attached hydrogen (secondary N) is 1. The van der Waals surface area contributed by atoms with Gasteiger partial charge in [-0.2, -0.15) is 0 Å². The Kier molecular flexibility index (Phi) is 3.75. The Balaban J connectivity index is 2.85. The third-order valence-corrected chi connectivity index (χ3v) is 1.81. The molecule has 1 aromatic rings. The average molecular weight is 244 g/mol. The first kappa shape index (κ1) is 12.8. The molecule has 3 nitrogen and oxygen atoms in total. The Hall–Kier alpha value is -1.29. The van der Waals surface area contributed by atoms with Gasteiger partial charge in [0, 0.05) is 10.7 Å². The van der Waals surface area contributed by atoms with Crippen LogP contribution in [0.4, 0.5) is 10.1 Å². The van der Waals surface area contributed by atoms with Crippen molar-refractivity contribution in [2.24, 2.45) is 10.7 Å². The van der Waals surface area contributed by atoms with Crippen molar-refractivity contribution in [3.8, 4) is 0 Å². The molecular formula is C11H15ClFN3. The van der Waals surface area contributed by atoms with Gasteiger partial charge in [-0.1, -0.05) is 11.6 Å². The van der Waals surface area contributed by atoms with Gasteiger partial charge in [0.1, 0.15) is 5.82 Å². The molecule has 1 aromatic carbocycles. The predicted molar refractivity (Wildman–Crippen MR) is 66.4 cm³/mol. The Morgan fingerprint density at radius 2 is 2.00 bits per heavy atom. The maximum Gasteiger partial charge on any atom is 0.193 e. The van der Waals surface area contributed by atoms with E-state index in [1.165, 1.54) is 12.1 Å². The zero-order valence-corrected chi connectivity index (χ0v) is 10.3. The summed E-state index contributed by atoms with van der Waals surface area (Å²) >= 11 is 5.71. The maximum atomic E-state index is 13.0. The van der Waals surface area contributed by atoms with Crippen LogP contribution in [-0.2, 0) is 0 Å². The van der Waals surface area contributed by atoms with Gasteiger partial charge in [0.05, 0.1) is 5.54 Å². The van der Waals surface area contributed by atoms with Gasteiger partial charge in [-0.3, -0.25) is 0 Å². The van der Waals surface area contributed by atoms with E-state index in [9.17, 15) is 4.39 Å². The van der Waals surface area contributed by atoms with Crippen LogP contribution in [-0.4, -0.2) is 11.5 Å². The van der Waals surface area contributed by atoms with Gasteiger partial charge in [-0.25, -0.2) is 9.38 Å². The molecule has 0 aliphatic heterocycles. The summed E-state index contributed by atoms with van der Waals surface area (Å²) in [6.45, 7) is 5.75. The molecule has 1 rings (SSSR count). The Bertz CT molecular complexity index is 390. The molecule has 0 bridgehead atoms. The summed E-state index contributed by atoms with van der Waals surface area (Å²) in [5, 5.41) is 3.09. The third kappa shape index (κ3) is 4.49. The van der Waals surface area contributed by atoms with Gasteiger partial charge < -0.3 is 11.1 Å². The zero-order chi connectivity index (χ0) is 12.3. The van der Waals surface area contributed by atoms with E-state index < -0.39 is 5.82 Å². The molecule has 0 spiro atoms. The summed E-state index contributed by atoms with van der Waals surface area (Å²) in [5.41, 5.74) is 5.86. The highest BCUT2D eigenvalue weighted by Crippen LogP contribution is 2.18. The van der Waals surface area contributed by atoms with Gasteiger partial charge in [0.2, 0.25) is 0 Å². The van der Waals surface area contributed by atoms with Crippen molar-refractivity contribution in [2.75, 3.05) is 5.32 Å². The molecule has 3 N–H and O–H groups in total. The summed E-state index contributed by atoms with van der Waals surface area (Å²) < 4.78 is 13.0. The van der Waals surface area contributed by atoms with Gasteiger partial charge in [-0.15, -0.1) is 0 Å². The van der Waals surface area contributed by atoms with Gasteiger partial charge in [-0.05, 0) is 39.0 Å². The lowest BCUT2D eigenvalue weighted by Gasteiger charge is -2.14. The molecule has 0 aliphatic carbocycles. The first-order chi connectivity index (χ1) is 7.26. The third-order valence-electron chi connectivity index (χ3n) is 1.59. The summed E-state index contributed by atoms with van der Waals surface area (Å²) in [6.07, 6.45) is 0. The van der Waals surface area contributed by atoms with Crippen molar-refractivity contribution in [1.82, 2.24) is 0 Å². The number of halogens is 2. The van der Waals surface area contributed by atoms with Crippen LogP contribution in [0, 0.1) is 5.82 Å². The Morgan fingerprint density at radius 1 is 1.38 bits per heavy atom. The van der Waals surface area contributed by atoms with Crippen molar-refractivity contribution in [3.05, 3.63) is 29.0 Å². The second kappa shape index (κ2) is 4.70. The lowest BCUT2D eigenvalue weighted by atomic mass is 10.1. The maximum absolute atomic E-state index is 13.0. The summed E-state index contributed by atoms with van der Waals surface area (Å²) in [7, 11) is 0. The normalized spacial score (nSPS) is 12.7. The van der Waals surface area contributed by atoms with Gasteiger partial charge in [0.15, 0.2) is 5.96 Å². The zero-order valence-electron chi connectivity index (χ0n) is 9.51. The quantitative estimate of drug-likeness (QED) is 0.589. The van der Waals surface area contributed by atoms with Crippen molar-refractivity contribution >= 4 is 23.2 Å². The first-order valence-electron chi connectivity index (χ1n) is 4.85. The molecule has 0 saturated heterocycles. The van der Waals surface area contributed by atoms with E-state index in [0.717, 1.165) is 0 Å². The number of benzene rings is 1. The second-order valence-electron chi connectivity index (χ2n) is 4.45. The van der Waals surface area contributed by atoms with E-state index >= 15 is 0 Å². The summed E-state index contributed by atoms with van der Waals surface area (Å²) in [5.74, 6) is -0.187. The van der Waals surface area contributed by atoms with Crippen LogP contribution >= 0.6 is 11.6 Å². The highest BCUT2D eigenvalue weighted by Gasteiger charge is 2.08. The summed E-state index contributed by atoms with van der Waals surface area (Å²) in [4.78, 5) is 4.18. The van der Waals surface area contributed by atoms with Crippen molar-refractivity contribution in [2.45, 2.75) is 26.3 Å². The fraction of sp³-hybridized carbons (Fsp3) is 0.364. The van der Waals surface area contributed by atoms with Crippen LogP contribution < -0.4 is 11.1 Å². The van der Waals surface area contributed by atoms with Crippen LogP contribution in [0.25, 0.3) is 0 Å². The molecule has 0 heterocycles. The molecule has 0 radical (unpaired) electrons. The molecule has 0 atom stereocenters. The number of aliphatic imine (C=N–C) groups is 1. The van der Waals surface area contributed by atoms with Crippen molar-refractivity contribution in [1.29, 1.82) is 0 Å². The number of anilines is 1. The van der Waals surface area contributed by atoms with E-state index in [1.54, 1.807) is 6.07 Å². The number of nitrogens with two attached hydrogens (primary N) is 1. The highest BCUT2D eigenvalue weighted by molar-refractivity contribution is 6.30. The minimum absolute atomic E-state index is 0.231. The Morgan fingerprint density at radius 3 is 2.50 bits per heavy atom. The molecule has 0 saturated carbocycles. The van der Waals surface area contributed by atoms with Gasteiger partial charge >= 0.3 is 0 Å². The second-order valence-corrected chi connectivity index (χ2v) is 4.89. The van der Waals surface area contributed by atoms with E-state index in [0.29, 0.717) is 10.7 Å². The minimum Gasteiger partial charge on any atom is -0.370 e. The molecule has 0 fully saturated rings. The molecular weight excluding hydrogens is 229 g/mol.